The Morgan fingerprint density at radius 2 is 1.75 bits per heavy atom. The van der Waals surface area contributed by atoms with Crippen LogP contribution in [0.5, 0.6) is 0 Å². The van der Waals surface area contributed by atoms with Crippen LogP contribution in [0.4, 0.5) is 13.2 Å². The lowest BCUT2D eigenvalue weighted by Crippen LogP contribution is -2.61. The molecule has 0 radical (unpaired) electrons. The molecular formula is C16H25F3N2O3. The molecule has 2 heterocycles. The Kier molecular flexibility index (Phi) is 5.47. The number of carboxylic acids is 1. The van der Waals surface area contributed by atoms with Gasteiger partial charge in [-0.1, -0.05) is 13.8 Å². The second-order valence-corrected chi connectivity index (χ2v) is 7.33. The molecule has 138 valence electrons. The molecule has 1 saturated carbocycles. The number of likely N-dealkylation sites (tertiary alicyclic amines) is 2. The van der Waals surface area contributed by atoms with Crippen LogP contribution in [0.15, 0.2) is 0 Å². The van der Waals surface area contributed by atoms with Gasteiger partial charge in [-0.05, 0) is 31.6 Å². The predicted molar refractivity (Wildman–Crippen MR) is 81.4 cm³/mol. The Labute approximate surface area is 139 Å². The minimum atomic E-state index is -5.08. The van der Waals surface area contributed by atoms with E-state index in [1.165, 1.54) is 38.8 Å². The summed E-state index contributed by atoms with van der Waals surface area (Å²) in [5, 5.41) is 7.12. The summed E-state index contributed by atoms with van der Waals surface area (Å²) >= 11 is 0. The normalized spacial score (nSPS) is 27.0. The zero-order chi connectivity index (χ0) is 18.1. The molecule has 0 aromatic carbocycles. The van der Waals surface area contributed by atoms with E-state index in [4.69, 9.17) is 9.90 Å². The molecule has 1 aliphatic carbocycles. The lowest BCUT2D eigenvalue weighted by Gasteiger charge is -2.51. The van der Waals surface area contributed by atoms with Gasteiger partial charge in [-0.2, -0.15) is 13.2 Å². The highest BCUT2D eigenvalue weighted by Gasteiger charge is 2.51. The van der Waals surface area contributed by atoms with Crippen LogP contribution in [-0.2, 0) is 9.59 Å². The van der Waals surface area contributed by atoms with Gasteiger partial charge in [0.05, 0.1) is 0 Å². The van der Waals surface area contributed by atoms with Crippen molar-refractivity contribution in [3.63, 3.8) is 0 Å². The van der Waals surface area contributed by atoms with Crippen LogP contribution in [0.2, 0.25) is 0 Å². The number of rotatable bonds is 3. The number of hydrogen-bond acceptors (Lipinski definition) is 3. The Balaban J connectivity index is 0.000000256. The SMILES string of the molecule is CC(C)C(=O)N1CCC2(CCN2CC2CC2)C1.O=C(O)C(F)(F)F. The zero-order valence-electron chi connectivity index (χ0n) is 14.1. The molecular weight excluding hydrogens is 325 g/mol. The van der Waals surface area contributed by atoms with Crippen LogP contribution in [0.1, 0.15) is 39.5 Å². The molecule has 24 heavy (non-hydrogen) atoms. The van der Waals surface area contributed by atoms with Crippen LogP contribution in [0.3, 0.4) is 0 Å². The molecule has 1 N–H and O–H groups in total. The average molecular weight is 350 g/mol. The highest BCUT2D eigenvalue weighted by Crippen LogP contribution is 2.42. The van der Waals surface area contributed by atoms with Crippen molar-refractivity contribution in [2.75, 3.05) is 26.2 Å². The van der Waals surface area contributed by atoms with E-state index in [0.29, 0.717) is 11.4 Å². The third-order valence-corrected chi connectivity index (χ3v) is 5.07. The molecule has 0 aromatic rings. The smallest absolute Gasteiger partial charge is 0.475 e. The van der Waals surface area contributed by atoms with Gasteiger partial charge in [0.25, 0.3) is 0 Å². The van der Waals surface area contributed by atoms with Gasteiger partial charge in [0.1, 0.15) is 0 Å². The Bertz CT molecular complexity index is 491. The molecule has 5 nitrogen and oxygen atoms in total. The van der Waals surface area contributed by atoms with E-state index in [9.17, 15) is 18.0 Å². The number of carbonyl (C=O) groups excluding carboxylic acids is 1. The second kappa shape index (κ2) is 6.90. The second-order valence-electron chi connectivity index (χ2n) is 7.33. The molecule has 8 heteroatoms. The summed E-state index contributed by atoms with van der Waals surface area (Å²) in [6.45, 7) is 8.56. The van der Waals surface area contributed by atoms with Gasteiger partial charge >= 0.3 is 12.1 Å². The first-order valence-electron chi connectivity index (χ1n) is 8.39. The predicted octanol–water partition coefficient (Wildman–Crippen LogP) is 2.36. The van der Waals surface area contributed by atoms with E-state index in [0.717, 1.165) is 19.0 Å². The van der Waals surface area contributed by atoms with Crippen molar-refractivity contribution in [1.29, 1.82) is 0 Å². The first-order valence-corrected chi connectivity index (χ1v) is 8.39. The number of carbonyl (C=O) groups is 2. The van der Waals surface area contributed by atoms with Crippen LogP contribution >= 0.6 is 0 Å². The van der Waals surface area contributed by atoms with E-state index in [2.05, 4.69) is 9.80 Å². The van der Waals surface area contributed by atoms with Crippen molar-refractivity contribution in [2.45, 2.75) is 51.2 Å². The number of aliphatic carboxylic acids is 1. The lowest BCUT2D eigenvalue weighted by atomic mass is 9.83. The molecule has 2 aliphatic heterocycles. The van der Waals surface area contributed by atoms with Crippen molar-refractivity contribution in [1.82, 2.24) is 9.80 Å². The maximum absolute atomic E-state index is 12.0. The third-order valence-electron chi connectivity index (χ3n) is 5.07. The van der Waals surface area contributed by atoms with Gasteiger partial charge in [-0.15, -0.1) is 0 Å². The van der Waals surface area contributed by atoms with Gasteiger partial charge in [-0.3, -0.25) is 9.69 Å². The van der Waals surface area contributed by atoms with Gasteiger partial charge in [0.15, 0.2) is 0 Å². The molecule has 1 atom stereocenters. The van der Waals surface area contributed by atoms with E-state index in [1.54, 1.807) is 0 Å². The molecule has 3 aliphatic rings. The van der Waals surface area contributed by atoms with E-state index < -0.39 is 12.1 Å². The number of amides is 1. The number of hydrogen-bond donors (Lipinski definition) is 1. The summed E-state index contributed by atoms with van der Waals surface area (Å²) in [5.41, 5.74) is 0.382. The van der Waals surface area contributed by atoms with Gasteiger partial charge in [0, 0.05) is 37.6 Å². The molecule has 3 rings (SSSR count). The first kappa shape index (κ1) is 19.0. The van der Waals surface area contributed by atoms with E-state index in [1.807, 2.05) is 13.8 Å². The van der Waals surface area contributed by atoms with Crippen molar-refractivity contribution in [2.24, 2.45) is 11.8 Å². The monoisotopic (exact) mass is 350 g/mol. The first-order chi connectivity index (χ1) is 11.0. The van der Waals surface area contributed by atoms with Crippen LogP contribution in [-0.4, -0.2) is 64.7 Å². The minimum absolute atomic E-state index is 0.155. The van der Waals surface area contributed by atoms with Crippen molar-refractivity contribution < 1.29 is 27.9 Å². The molecule has 0 aromatic heterocycles. The highest BCUT2D eigenvalue weighted by molar-refractivity contribution is 5.78. The van der Waals surface area contributed by atoms with Crippen molar-refractivity contribution in [3.8, 4) is 0 Å². The fourth-order valence-electron chi connectivity index (χ4n) is 3.36. The van der Waals surface area contributed by atoms with Crippen molar-refractivity contribution >= 4 is 11.9 Å². The van der Waals surface area contributed by atoms with Crippen LogP contribution < -0.4 is 0 Å². The molecule has 1 spiro atoms. The summed E-state index contributed by atoms with van der Waals surface area (Å²) in [7, 11) is 0. The third kappa shape index (κ3) is 4.40. The Hall–Kier alpha value is -1.31. The standard InChI is InChI=1S/C14H24N2O.C2HF3O2/c1-11(2)13(17)15-7-5-14(10-15)6-8-16(14)9-12-3-4-12;3-2(4,5)1(6)7/h11-12H,3-10H2,1-2H3;(H,6,7). The Morgan fingerprint density at radius 3 is 2.12 bits per heavy atom. The molecule has 1 amide bonds. The summed E-state index contributed by atoms with van der Waals surface area (Å²) in [6, 6.07) is 0. The zero-order valence-corrected chi connectivity index (χ0v) is 14.1. The summed E-state index contributed by atoms with van der Waals surface area (Å²) in [6.07, 6.45) is 0.294. The number of alkyl halides is 3. The average Bonchev–Trinajstić information content (AvgIpc) is 3.17. The highest BCUT2D eigenvalue weighted by atomic mass is 19.4. The number of halogens is 3. The minimum Gasteiger partial charge on any atom is -0.475 e. The van der Waals surface area contributed by atoms with Crippen LogP contribution in [0, 0.1) is 11.8 Å². The fraction of sp³-hybridized carbons (Fsp3) is 0.875. The largest absolute Gasteiger partial charge is 0.490 e. The molecule has 0 bridgehead atoms. The molecule has 3 fully saturated rings. The van der Waals surface area contributed by atoms with Gasteiger partial charge in [-0.25, -0.2) is 4.79 Å². The lowest BCUT2D eigenvalue weighted by molar-refractivity contribution is -0.192. The van der Waals surface area contributed by atoms with Crippen molar-refractivity contribution in [3.05, 3.63) is 0 Å². The van der Waals surface area contributed by atoms with Gasteiger partial charge in [0.2, 0.25) is 5.91 Å². The van der Waals surface area contributed by atoms with E-state index in [-0.39, 0.29) is 5.92 Å². The summed E-state index contributed by atoms with van der Waals surface area (Å²) in [5.74, 6) is -1.28. The summed E-state index contributed by atoms with van der Waals surface area (Å²) in [4.78, 5) is 25.7. The molecule has 2 saturated heterocycles. The van der Waals surface area contributed by atoms with Gasteiger partial charge < -0.3 is 10.0 Å². The molecule has 1 unspecified atom stereocenters. The topological polar surface area (TPSA) is 60.9 Å². The summed E-state index contributed by atoms with van der Waals surface area (Å²) < 4.78 is 31.7. The van der Waals surface area contributed by atoms with Crippen LogP contribution in [0.25, 0.3) is 0 Å². The maximum Gasteiger partial charge on any atom is 0.490 e. The number of carboxylic acid groups (broad SMARTS) is 1. The fourth-order valence-corrected chi connectivity index (χ4v) is 3.36. The van der Waals surface area contributed by atoms with E-state index >= 15 is 0 Å². The quantitative estimate of drug-likeness (QED) is 0.849. The Morgan fingerprint density at radius 1 is 1.21 bits per heavy atom. The maximum atomic E-state index is 12.0. The number of nitrogens with zero attached hydrogens (tertiary/aromatic N) is 2.